The summed E-state index contributed by atoms with van der Waals surface area (Å²) in [4.78, 5) is 12.6. The second-order valence-corrected chi connectivity index (χ2v) is 8.60. The Kier molecular flexibility index (Phi) is 5.70. The van der Waals surface area contributed by atoms with Crippen molar-refractivity contribution in [1.82, 2.24) is 9.62 Å². The topological polar surface area (TPSA) is 66.5 Å². The van der Waals surface area contributed by atoms with E-state index in [0.717, 1.165) is 0 Å². The molecule has 7 heteroatoms. The van der Waals surface area contributed by atoms with Gasteiger partial charge in [-0.25, -0.2) is 8.42 Å². The minimum absolute atomic E-state index is 0.00295. The van der Waals surface area contributed by atoms with Gasteiger partial charge in [0.15, 0.2) is 0 Å². The first-order chi connectivity index (χ1) is 10.7. The van der Waals surface area contributed by atoms with Gasteiger partial charge in [-0.15, -0.1) is 0 Å². The molecule has 1 aromatic carbocycles. The molecule has 0 saturated carbocycles. The standard InChI is InChI=1S/C16H23ClN2O3S/c1-11(2)12(3)18-16(20)15-5-4-10-19(15)23(21,22)14-8-6-13(17)7-9-14/h6-9,11-12,15H,4-5,10H2,1-3H3,(H,18,20)/t12-,15-/m1/s1. The molecule has 1 aliphatic heterocycles. The Labute approximate surface area is 143 Å². The van der Waals surface area contributed by atoms with Gasteiger partial charge in [0.25, 0.3) is 0 Å². The Bertz CT molecular complexity index is 658. The quantitative estimate of drug-likeness (QED) is 0.879. The van der Waals surface area contributed by atoms with Crippen LogP contribution in [-0.4, -0.2) is 37.3 Å². The average Bonchev–Trinajstić information content (AvgIpc) is 2.97. The highest BCUT2D eigenvalue weighted by Crippen LogP contribution is 2.27. The van der Waals surface area contributed by atoms with Crippen LogP contribution >= 0.6 is 11.6 Å². The minimum Gasteiger partial charge on any atom is -0.352 e. The smallest absolute Gasteiger partial charge is 0.243 e. The van der Waals surface area contributed by atoms with Gasteiger partial charge in [0.05, 0.1) is 4.90 Å². The lowest BCUT2D eigenvalue weighted by atomic mass is 10.1. The molecule has 0 aliphatic carbocycles. The molecule has 5 nitrogen and oxygen atoms in total. The fourth-order valence-corrected chi connectivity index (χ4v) is 4.30. The van der Waals surface area contributed by atoms with E-state index in [2.05, 4.69) is 5.32 Å². The zero-order valence-electron chi connectivity index (χ0n) is 13.6. The van der Waals surface area contributed by atoms with Crippen LogP contribution in [0.4, 0.5) is 0 Å². The number of carbonyl (C=O) groups excluding carboxylic acids is 1. The van der Waals surface area contributed by atoms with Gasteiger partial charge in [-0.05, 0) is 49.9 Å². The van der Waals surface area contributed by atoms with E-state index in [4.69, 9.17) is 11.6 Å². The molecule has 1 N–H and O–H groups in total. The van der Waals surface area contributed by atoms with Crippen LogP contribution in [0.25, 0.3) is 0 Å². The second kappa shape index (κ2) is 7.20. The van der Waals surface area contributed by atoms with Crippen LogP contribution in [0.1, 0.15) is 33.6 Å². The number of amides is 1. The van der Waals surface area contributed by atoms with Crippen LogP contribution in [0.3, 0.4) is 0 Å². The molecule has 1 fully saturated rings. The number of hydrogen-bond donors (Lipinski definition) is 1. The molecule has 0 aromatic heterocycles. The number of sulfonamides is 1. The molecule has 0 bridgehead atoms. The summed E-state index contributed by atoms with van der Waals surface area (Å²) in [6.07, 6.45) is 1.23. The van der Waals surface area contributed by atoms with Crippen LogP contribution in [-0.2, 0) is 14.8 Å². The van der Waals surface area contributed by atoms with Gasteiger partial charge in [0.1, 0.15) is 6.04 Å². The highest BCUT2D eigenvalue weighted by Gasteiger charge is 2.39. The molecule has 2 rings (SSSR count). The molecular weight excluding hydrogens is 336 g/mol. The third-order valence-electron chi connectivity index (χ3n) is 4.30. The molecule has 0 spiro atoms. The predicted octanol–water partition coefficient (Wildman–Crippen LogP) is 2.65. The average molecular weight is 359 g/mol. The van der Waals surface area contributed by atoms with E-state index in [1.54, 1.807) is 12.1 Å². The number of nitrogens with zero attached hydrogens (tertiary/aromatic N) is 1. The summed E-state index contributed by atoms with van der Waals surface area (Å²) in [6.45, 7) is 6.32. The number of nitrogens with one attached hydrogen (secondary N) is 1. The molecule has 1 aliphatic rings. The number of halogens is 1. The molecule has 2 atom stereocenters. The molecule has 23 heavy (non-hydrogen) atoms. The SMILES string of the molecule is CC(C)[C@@H](C)NC(=O)[C@H]1CCCN1S(=O)(=O)c1ccc(Cl)cc1. The molecule has 0 unspecified atom stereocenters. The van der Waals surface area contributed by atoms with Gasteiger partial charge in [0, 0.05) is 17.6 Å². The van der Waals surface area contributed by atoms with Gasteiger partial charge in [-0.2, -0.15) is 4.31 Å². The summed E-state index contributed by atoms with van der Waals surface area (Å²) < 4.78 is 26.9. The van der Waals surface area contributed by atoms with E-state index < -0.39 is 16.1 Å². The maximum Gasteiger partial charge on any atom is 0.243 e. The summed E-state index contributed by atoms with van der Waals surface area (Å²) in [5, 5.41) is 3.40. The zero-order valence-corrected chi connectivity index (χ0v) is 15.2. The number of rotatable bonds is 5. The van der Waals surface area contributed by atoms with E-state index in [1.807, 2.05) is 20.8 Å². The van der Waals surface area contributed by atoms with Crippen molar-refractivity contribution < 1.29 is 13.2 Å². The van der Waals surface area contributed by atoms with Gasteiger partial charge in [-0.3, -0.25) is 4.79 Å². The Balaban J connectivity index is 2.20. The zero-order chi connectivity index (χ0) is 17.2. The van der Waals surface area contributed by atoms with Gasteiger partial charge in [-0.1, -0.05) is 25.4 Å². The van der Waals surface area contributed by atoms with E-state index in [-0.39, 0.29) is 16.8 Å². The first-order valence-electron chi connectivity index (χ1n) is 7.81. The molecule has 1 saturated heterocycles. The molecule has 1 amide bonds. The number of hydrogen-bond acceptors (Lipinski definition) is 3. The fraction of sp³-hybridized carbons (Fsp3) is 0.562. The highest BCUT2D eigenvalue weighted by molar-refractivity contribution is 7.89. The van der Waals surface area contributed by atoms with E-state index in [0.29, 0.717) is 30.3 Å². The van der Waals surface area contributed by atoms with Crippen LogP contribution in [0.5, 0.6) is 0 Å². The van der Waals surface area contributed by atoms with Crippen LogP contribution < -0.4 is 5.32 Å². The number of carbonyl (C=O) groups is 1. The summed E-state index contributed by atoms with van der Waals surface area (Å²) >= 11 is 5.81. The van der Waals surface area contributed by atoms with Crippen molar-refractivity contribution in [2.75, 3.05) is 6.54 Å². The highest BCUT2D eigenvalue weighted by atomic mass is 35.5. The lowest BCUT2D eigenvalue weighted by Gasteiger charge is -2.26. The Morgan fingerprint density at radius 3 is 2.43 bits per heavy atom. The maximum absolute atomic E-state index is 12.8. The normalized spacial score (nSPS) is 20.7. The summed E-state index contributed by atoms with van der Waals surface area (Å²) in [7, 11) is -3.69. The van der Waals surface area contributed by atoms with Crippen LogP contribution in [0.15, 0.2) is 29.2 Å². The van der Waals surface area contributed by atoms with Crippen molar-refractivity contribution in [3.05, 3.63) is 29.3 Å². The first kappa shape index (κ1) is 18.2. The largest absolute Gasteiger partial charge is 0.352 e. The van der Waals surface area contributed by atoms with Crippen molar-refractivity contribution in [2.24, 2.45) is 5.92 Å². The molecule has 1 heterocycles. The summed E-state index contributed by atoms with van der Waals surface area (Å²) in [5.74, 6) is 0.0721. The van der Waals surface area contributed by atoms with Gasteiger partial charge >= 0.3 is 0 Å². The van der Waals surface area contributed by atoms with Crippen LogP contribution in [0.2, 0.25) is 5.02 Å². The Morgan fingerprint density at radius 2 is 1.87 bits per heavy atom. The molecule has 0 radical (unpaired) electrons. The van der Waals surface area contributed by atoms with Crippen molar-refractivity contribution in [3.8, 4) is 0 Å². The molecular formula is C16H23ClN2O3S. The molecule has 128 valence electrons. The lowest BCUT2D eigenvalue weighted by molar-refractivity contribution is -0.125. The minimum atomic E-state index is -3.69. The predicted molar refractivity (Wildman–Crippen MR) is 90.8 cm³/mol. The van der Waals surface area contributed by atoms with Crippen molar-refractivity contribution in [1.29, 1.82) is 0 Å². The number of benzene rings is 1. The third-order valence-corrected chi connectivity index (χ3v) is 6.47. The van der Waals surface area contributed by atoms with Gasteiger partial charge in [0.2, 0.25) is 15.9 Å². The first-order valence-corrected chi connectivity index (χ1v) is 9.63. The van der Waals surface area contributed by atoms with Crippen molar-refractivity contribution in [3.63, 3.8) is 0 Å². The second-order valence-electron chi connectivity index (χ2n) is 6.27. The lowest BCUT2D eigenvalue weighted by Crippen LogP contribution is -2.49. The van der Waals surface area contributed by atoms with Crippen LogP contribution in [0, 0.1) is 5.92 Å². The summed E-state index contributed by atoms with van der Waals surface area (Å²) in [6, 6.07) is 5.39. The monoisotopic (exact) mass is 358 g/mol. The fourth-order valence-electron chi connectivity index (χ4n) is 2.52. The molecule has 1 aromatic rings. The maximum atomic E-state index is 12.8. The van der Waals surface area contributed by atoms with E-state index in [1.165, 1.54) is 16.4 Å². The van der Waals surface area contributed by atoms with E-state index >= 15 is 0 Å². The van der Waals surface area contributed by atoms with Crippen molar-refractivity contribution >= 4 is 27.5 Å². The van der Waals surface area contributed by atoms with Crippen molar-refractivity contribution in [2.45, 2.75) is 50.6 Å². The van der Waals surface area contributed by atoms with E-state index in [9.17, 15) is 13.2 Å². The Hall–Kier alpha value is -1.11. The van der Waals surface area contributed by atoms with Gasteiger partial charge < -0.3 is 5.32 Å². The Morgan fingerprint density at radius 1 is 1.26 bits per heavy atom. The summed E-state index contributed by atoms with van der Waals surface area (Å²) in [5.41, 5.74) is 0. The third kappa shape index (κ3) is 4.05.